The fourth-order valence-electron chi connectivity index (χ4n) is 3.56. The van der Waals surface area contributed by atoms with E-state index in [0.717, 1.165) is 33.8 Å². The zero-order chi connectivity index (χ0) is 24.6. The Morgan fingerprint density at radius 3 is 2.46 bits per heavy atom. The zero-order valence-electron chi connectivity index (χ0n) is 19.3. The molecule has 0 aliphatic rings. The van der Waals surface area contributed by atoms with Gasteiger partial charge in [0, 0.05) is 28.9 Å². The van der Waals surface area contributed by atoms with Crippen LogP contribution in [0.4, 0.5) is 28.8 Å². The molecule has 0 aliphatic heterocycles. The quantitative estimate of drug-likeness (QED) is 0.243. The molecular weight excluding hydrogens is 454 g/mol. The van der Waals surface area contributed by atoms with Crippen molar-refractivity contribution in [3.63, 3.8) is 0 Å². The average molecular weight is 478 g/mol. The summed E-state index contributed by atoms with van der Waals surface area (Å²) < 4.78 is 0. The summed E-state index contributed by atoms with van der Waals surface area (Å²) in [5.74, 6) is 1.07. The molecule has 2 aromatic carbocycles. The van der Waals surface area contributed by atoms with E-state index in [4.69, 9.17) is 15.5 Å². The first-order valence-corrected chi connectivity index (χ1v) is 11.8. The van der Waals surface area contributed by atoms with E-state index in [0.29, 0.717) is 23.9 Å². The van der Waals surface area contributed by atoms with Crippen LogP contribution in [0.3, 0.4) is 0 Å². The standard InChI is InChI=1S/C27H23N7S/c1-18-13-21(5-3-11-28)14-19(2)25(18)33-26-24(30-16-23-6-4-12-35-23)17-31-27(34-26)32-22-9-7-20(15-29)8-10-22/h3-10,12-14,17,30H,16H2,1-2H3,(H2,31,32,33,34)/b5-3+. The van der Waals surface area contributed by atoms with Gasteiger partial charge in [-0.2, -0.15) is 15.5 Å². The summed E-state index contributed by atoms with van der Waals surface area (Å²) in [4.78, 5) is 10.4. The Hall–Kier alpha value is -4.66. The molecule has 0 atom stereocenters. The van der Waals surface area contributed by atoms with E-state index in [1.165, 1.54) is 11.0 Å². The van der Waals surface area contributed by atoms with E-state index in [2.05, 4.69) is 33.1 Å². The van der Waals surface area contributed by atoms with E-state index < -0.39 is 0 Å². The number of aromatic nitrogens is 2. The summed E-state index contributed by atoms with van der Waals surface area (Å²) in [5, 5.41) is 30.0. The van der Waals surface area contributed by atoms with Crippen LogP contribution >= 0.6 is 11.3 Å². The molecule has 0 radical (unpaired) electrons. The number of anilines is 5. The number of nitrogens with zero attached hydrogens (tertiary/aromatic N) is 4. The molecule has 0 unspecified atom stereocenters. The normalized spacial score (nSPS) is 10.5. The van der Waals surface area contributed by atoms with Gasteiger partial charge in [0.15, 0.2) is 5.82 Å². The van der Waals surface area contributed by atoms with E-state index in [1.54, 1.807) is 35.7 Å². The molecule has 0 spiro atoms. The molecule has 35 heavy (non-hydrogen) atoms. The second kappa shape index (κ2) is 11.0. The van der Waals surface area contributed by atoms with Crippen molar-refractivity contribution in [2.75, 3.05) is 16.0 Å². The Labute approximate surface area is 208 Å². The second-order valence-electron chi connectivity index (χ2n) is 7.82. The maximum atomic E-state index is 9.02. The molecule has 2 aromatic heterocycles. The molecule has 8 heteroatoms. The zero-order valence-corrected chi connectivity index (χ0v) is 20.1. The first kappa shape index (κ1) is 23.5. The highest BCUT2D eigenvalue weighted by molar-refractivity contribution is 7.09. The Bertz CT molecular complexity index is 1400. The van der Waals surface area contributed by atoms with Gasteiger partial charge in [-0.15, -0.1) is 11.3 Å². The summed E-state index contributed by atoms with van der Waals surface area (Å²) >= 11 is 1.68. The highest BCUT2D eigenvalue weighted by Gasteiger charge is 2.12. The molecule has 172 valence electrons. The minimum Gasteiger partial charge on any atom is -0.376 e. The predicted molar refractivity (Wildman–Crippen MR) is 142 cm³/mol. The summed E-state index contributed by atoms with van der Waals surface area (Å²) in [7, 11) is 0. The van der Waals surface area contributed by atoms with Crippen LogP contribution in [0, 0.1) is 36.5 Å². The van der Waals surface area contributed by atoms with Crippen LogP contribution in [0.25, 0.3) is 6.08 Å². The molecule has 3 N–H and O–H groups in total. The topological polar surface area (TPSA) is 109 Å². The molecule has 7 nitrogen and oxygen atoms in total. The van der Waals surface area contributed by atoms with Crippen molar-refractivity contribution in [2.24, 2.45) is 0 Å². The number of allylic oxidation sites excluding steroid dienone is 1. The molecule has 0 fully saturated rings. The predicted octanol–water partition coefficient (Wildman–Crippen LogP) is 6.66. The molecule has 0 saturated heterocycles. The van der Waals surface area contributed by atoms with Crippen molar-refractivity contribution in [3.05, 3.63) is 93.3 Å². The SMILES string of the molecule is Cc1cc(/C=C/C#N)cc(C)c1Nc1nc(Nc2ccc(C#N)cc2)ncc1NCc1cccs1. The van der Waals surface area contributed by atoms with Crippen LogP contribution in [-0.2, 0) is 6.54 Å². The maximum Gasteiger partial charge on any atom is 0.229 e. The number of hydrogen-bond donors (Lipinski definition) is 3. The first-order chi connectivity index (χ1) is 17.1. The largest absolute Gasteiger partial charge is 0.376 e. The van der Waals surface area contributed by atoms with E-state index in [-0.39, 0.29) is 0 Å². The number of nitrogens with one attached hydrogen (secondary N) is 3. The third-order valence-corrected chi connectivity index (χ3v) is 6.12. The lowest BCUT2D eigenvalue weighted by molar-refractivity contribution is 1.12. The van der Waals surface area contributed by atoms with Gasteiger partial charge in [0.1, 0.15) is 0 Å². The number of nitriles is 2. The molecular formula is C27H23N7S. The van der Waals surface area contributed by atoms with Crippen molar-refractivity contribution in [1.29, 1.82) is 10.5 Å². The van der Waals surface area contributed by atoms with Gasteiger partial charge in [-0.05, 0) is 84.5 Å². The van der Waals surface area contributed by atoms with Crippen molar-refractivity contribution in [1.82, 2.24) is 9.97 Å². The second-order valence-corrected chi connectivity index (χ2v) is 8.85. The third kappa shape index (κ3) is 6.02. The highest BCUT2D eigenvalue weighted by atomic mass is 32.1. The lowest BCUT2D eigenvalue weighted by Crippen LogP contribution is -2.08. The van der Waals surface area contributed by atoms with Gasteiger partial charge in [0.25, 0.3) is 0 Å². The Kier molecular flexibility index (Phi) is 7.37. The van der Waals surface area contributed by atoms with Gasteiger partial charge in [0.05, 0.1) is 29.6 Å². The van der Waals surface area contributed by atoms with Gasteiger partial charge in [-0.25, -0.2) is 4.98 Å². The number of hydrogen-bond acceptors (Lipinski definition) is 8. The summed E-state index contributed by atoms with van der Waals surface area (Å²) in [5.41, 5.74) is 6.13. The molecule has 4 rings (SSSR count). The minimum atomic E-state index is 0.433. The molecule has 0 aliphatic carbocycles. The smallest absolute Gasteiger partial charge is 0.229 e. The lowest BCUT2D eigenvalue weighted by atomic mass is 10.0. The molecule has 0 amide bonds. The Morgan fingerprint density at radius 1 is 1.03 bits per heavy atom. The van der Waals surface area contributed by atoms with Crippen LogP contribution < -0.4 is 16.0 Å². The van der Waals surface area contributed by atoms with Gasteiger partial charge in [-0.3, -0.25) is 0 Å². The van der Waals surface area contributed by atoms with Gasteiger partial charge in [0.2, 0.25) is 5.95 Å². The van der Waals surface area contributed by atoms with Crippen LogP contribution in [-0.4, -0.2) is 9.97 Å². The van der Waals surface area contributed by atoms with Crippen LogP contribution in [0.1, 0.15) is 27.1 Å². The highest BCUT2D eigenvalue weighted by Crippen LogP contribution is 2.31. The third-order valence-electron chi connectivity index (χ3n) is 5.24. The van der Waals surface area contributed by atoms with Crippen LogP contribution in [0.2, 0.25) is 0 Å². The minimum absolute atomic E-state index is 0.433. The molecule has 2 heterocycles. The average Bonchev–Trinajstić information content (AvgIpc) is 3.38. The number of rotatable bonds is 8. The monoisotopic (exact) mass is 477 g/mol. The Morgan fingerprint density at radius 2 is 1.80 bits per heavy atom. The van der Waals surface area contributed by atoms with Gasteiger partial charge >= 0.3 is 0 Å². The Balaban J connectivity index is 1.65. The first-order valence-electron chi connectivity index (χ1n) is 10.9. The number of aryl methyl sites for hydroxylation is 2. The maximum absolute atomic E-state index is 9.02. The fourth-order valence-corrected chi connectivity index (χ4v) is 4.21. The van der Waals surface area contributed by atoms with Crippen LogP contribution in [0.15, 0.2) is 66.2 Å². The van der Waals surface area contributed by atoms with E-state index in [9.17, 15) is 0 Å². The van der Waals surface area contributed by atoms with Gasteiger partial charge < -0.3 is 16.0 Å². The molecule has 0 bridgehead atoms. The molecule has 0 saturated carbocycles. The van der Waals surface area contributed by atoms with Crippen molar-refractivity contribution < 1.29 is 0 Å². The number of benzene rings is 2. The fraction of sp³-hybridized carbons (Fsp3) is 0.111. The van der Waals surface area contributed by atoms with E-state index >= 15 is 0 Å². The number of thiophene rings is 1. The van der Waals surface area contributed by atoms with Crippen molar-refractivity contribution >= 4 is 46.2 Å². The summed E-state index contributed by atoms with van der Waals surface area (Å²) in [6, 6.07) is 19.4. The van der Waals surface area contributed by atoms with Gasteiger partial charge in [-0.1, -0.05) is 6.07 Å². The van der Waals surface area contributed by atoms with E-state index in [1.807, 2.05) is 55.6 Å². The summed E-state index contributed by atoms with van der Waals surface area (Å²) in [6.07, 6.45) is 5.02. The van der Waals surface area contributed by atoms with Crippen LogP contribution in [0.5, 0.6) is 0 Å². The van der Waals surface area contributed by atoms with Crippen molar-refractivity contribution in [2.45, 2.75) is 20.4 Å². The lowest BCUT2D eigenvalue weighted by Gasteiger charge is -2.17. The summed E-state index contributed by atoms with van der Waals surface area (Å²) in [6.45, 7) is 4.71. The van der Waals surface area contributed by atoms with Crippen molar-refractivity contribution in [3.8, 4) is 12.1 Å². The molecule has 4 aromatic rings.